The van der Waals surface area contributed by atoms with E-state index >= 15 is 0 Å². The minimum absolute atomic E-state index is 0.502. The van der Waals surface area contributed by atoms with Gasteiger partial charge in [-0.15, -0.1) is 0 Å². The highest BCUT2D eigenvalue weighted by atomic mass is 35.5. The van der Waals surface area contributed by atoms with E-state index in [9.17, 15) is 0 Å². The van der Waals surface area contributed by atoms with E-state index in [2.05, 4.69) is 37.9 Å². The lowest BCUT2D eigenvalue weighted by atomic mass is 10.2. The molecule has 4 heteroatoms. The molecule has 0 aliphatic carbocycles. The molecule has 0 aliphatic heterocycles. The number of nitrogens with zero attached hydrogens (tertiary/aromatic N) is 2. The largest absolute Gasteiger partial charge is 0.354 e. The third-order valence-corrected chi connectivity index (χ3v) is 3.96. The second-order valence-corrected chi connectivity index (χ2v) is 5.59. The molecule has 0 aromatic carbocycles. The van der Waals surface area contributed by atoms with Crippen LogP contribution >= 0.6 is 11.6 Å². The number of pyridine rings is 1. The molecular weight excluding hydrogens is 270 g/mol. The van der Waals surface area contributed by atoms with Crippen molar-refractivity contribution in [2.75, 3.05) is 18.0 Å². The Bertz CT molecular complexity index is 395. The van der Waals surface area contributed by atoms with Gasteiger partial charge in [0.1, 0.15) is 5.82 Å². The lowest BCUT2D eigenvalue weighted by Gasteiger charge is -2.30. The Kier molecular flexibility index (Phi) is 7.93. The van der Waals surface area contributed by atoms with E-state index in [1.807, 2.05) is 12.1 Å². The number of halogens is 1. The van der Waals surface area contributed by atoms with Crippen LogP contribution in [0.2, 0.25) is 5.02 Å². The van der Waals surface area contributed by atoms with E-state index in [0.717, 1.165) is 42.6 Å². The number of nitrogens with one attached hydrogen (secondary N) is 1. The normalized spacial score (nSPS) is 12.4. The Morgan fingerprint density at radius 1 is 1.30 bits per heavy atom. The Morgan fingerprint density at radius 3 is 2.65 bits per heavy atom. The van der Waals surface area contributed by atoms with Gasteiger partial charge in [-0.1, -0.05) is 38.8 Å². The van der Waals surface area contributed by atoms with Crippen molar-refractivity contribution in [1.29, 1.82) is 0 Å². The summed E-state index contributed by atoms with van der Waals surface area (Å²) in [5, 5.41) is 4.04. The second kappa shape index (κ2) is 9.19. The predicted octanol–water partition coefficient (Wildman–Crippen LogP) is 4.25. The van der Waals surface area contributed by atoms with Crippen molar-refractivity contribution < 1.29 is 0 Å². The number of rotatable bonds is 9. The Labute approximate surface area is 128 Å². The fourth-order valence-corrected chi connectivity index (χ4v) is 2.28. The van der Waals surface area contributed by atoms with E-state index in [0.29, 0.717) is 6.04 Å². The van der Waals surface area contributed by atoms with Gasteiger partial charge in [0, 0.05) is 19.1 Å². The van der Waals surface area contributed by atoms with Gasteiger partial charge in [-0.2, -0.15) is 0 Å². The van der Waals surface area contributed by atoms with E-state index in [4.69, 9.17) is 16.6 Å². The maximum atomic E-state index is 6.23. The smallest absolute Gasteiger partial charge is 0.129 e. The number of hydrogen-bond donors (Lipinski definition) is 1. The van der Waals surface area contributed by atoms with Crippen LogP contribution in [0.4, 0.5) is 5.82 Å². The predicted molar refractivity (Wildman–Crippen MR) is 88.6 cm³/mol. The number of aromatic nitrogens is 1. The van der Waals surface area contributed by atoms with Crippen LogP contribution in [0.3, 0.4) is 0 Å². The van der Waals surface area contributed by atoms with Crippen LogP contribution in [0, 0.1) is 0 Å². The lowest BCUT2D eigenvalue weighted by molar-refractivity contribution is 0.587. The first-order valence-corrected chi connectivity index (χ1v) is 8.14. The summed E-state index contributed by atoms with van der Waals surface area (Å²) in [6.45, 7) is 11.5. The fraction of sp³-hybridized carbons (Fsp3) is 0.688. The zero-order valence-electron chi connectivity index (χ0n) is 13.2. The van der Waals surface area contributed by atoms with Gasteiger partial charge >= 0.3 is 0 Å². The van der Waals surface area contributed by atoms with Crippen molar-refractivity contribution in [3.63, 3.8) is 0 Å². The summed E-state index contributed by atoms with van der Waals surface area (Å²) < 4.78 is 0. The number of unbranched alkanes of at least 4 members (excludes halogenated alkanes) is 1. The summed E-state index contributed by atoms with van der Waals surface area (Å²) in [6, 6.07) is 4.51. The van der Waals surface area contributed by atoms with Crippen LogP contribution in [0.5, 0.6) is 0 Å². The topological polar surface area (TPSA) is 28.2 Å². The van der Waals surface area contributed by atoms with Crippen LogP contribution in [0.1, 0.15) is 52.7 Å². The summed E-state index contributed by atoms with van der Waals surface area (Å²) in [7, 11) is 0. The van der Waals surface area contributed by atoms with E-state index in [1.165, 1.54) is 12.8 Å². The highest BCUT2D eigenvalue weighted by molar-refractivity contribution is 6.31. The quantitative estimate of drug-likeness (QED) is 0.738. The molecular formula is C16H28ClN3. The zero-order valence-corrected chi connectivity index (χ0v) is 14.0. The van der Waals surface area contributed by atoms with Gasteiger partial charge in [-0.05, 0) is 38.4 Å². The molecule has 0 saturated carbocycles. The van der Waals surface area contributed by atoms with Crippen LogP contribution in [-0.4, -0.2) is 24.1 Å². The highest BCUT2D eigenvalue weighted by Crippen LogP contribution is 2.22. The first-order chi connectivity index (χ1) is 9.63. The average Bonchev–Trinajstić information content (AvgIpc) is 2.47. The molecule has 0 aliphatic rings. The summed E-state index contributed by atoms with van der Waals surface area (Å²) in [6.07, 6.45) is 3.51. The Balaban J connectivity index is 2.94. The maximum Gasteiger partial charge on any atom is 0.129 e. The fourth-order valence-electron chi connectivity index (χ4n) is 2.11. The SMILES string of the molecule is CCCCN(c1ccc(Cl)c(CNCC)n1)C(C)CC. The molecule has 0 fully saturated rings. The summed E-state index contributed by atoms with van der Waals surface area (Å²) >= 11 is 6.23. The Hall–Kier alpha value is -0.800. The number of anilines is 1. The molecule has 20 heavy (non-hydrogen) atoms. The van der Waals surface area contributed by atoms with E-state index < -0.39 is 0 Å². The van der Waals surface area contributed by atoms with Gasteiger partial charge in [0.05, 0.1) is 10.7 Å². The molecule has 1 N–H and O–H groups in total. The second-order valence-electron chi connectivity index (χ2n) is 5.18. The van der Waals surface area contributed by atoms with Crippen LogP contribution in [-0.2, 0) is 6.54 Å². The molecule has 0 saturated heterocycles. The van der Waals surface area contributed by atoms with Crippen molar-refractivity contribution in [1.82, 2.24) is 10.3 Å². The molecule has 1 aromatic rings. The first-order valence-electron chi connectivity index (χ1n) is 7.76. The molecule has 1 heterocycles. The molecule has 0 amide bonds. The Morgan fingerprint density at radius 2 is 2.05 bits per heavy atom. The zero-order chi connectivity index (χ0) is 15.0. The summed E-state index contributed by atoms with van der Waals surface area (Å²) in [5.41, 5.74) is 0.941. The molecule has 1 unspecified atom stereocenters. The number of hydrogen-bond acceptors (Lipinski definition) is 3. The van der Waals surface area contributed by atoms with Gasteiger partial charge in [-0.3, -0.25) is 0 Å². The van der Waals surface area contributed by atoms with Gasteiger partial charge < -0.3 is 10.2 Å². The molecule has 0 spiro atoms. The lowest BCUT2D eigenvalue weighted by Crippen LogP contribution is -2.34. The molecule has 1 rings (SSSR count). The molecule has 0 radical (unpaired) electrons. The van der Waals surface area contributed by atoms with Crippen LogP contribution < -0.4 is 10.2 Å². The van der Waals surface area contributed by atoms with Gasteiger partial charge in [0.15, 0.2) is 0 Å². The molecule has 114 valence electrons. The van der Waals surface area contributed by atoms with Crippen molar-refractivity contribution in [2.24, 2.45) is 0 Å². The third kappa shape index (κ3) is 4.95. The standard InChI is InChI=1S/C16H28ClN3/c1-5-8-11-20(13(4)6-2)16-10-9-14(17)15(19-16)12-18-7-3/h9-10,13,18H,5-8,11-12H2,1-4H3. The average molecular weight is 298 g/mol. The third-order valence-electron chi connectivity index (χ3n) is 3.62. The summed E-state index contributed by atoms with van der Waals surface area (Å²) in [5.74, 6) is 1.05. The van der Waals surface area contributed by atoms with Crippen LogP contribution in [0.25, 0.3) is 0 Å². The van der Waals surface area contributed by atoms with Crippen molar-refractivity contribution >= 4 is 17.4 Å². The molecule has 0 bridgehead atoms. The van der Waals surface area contributed by atoms with Crippen molar-refractivity contribution in [3.8, 4) is 0 Å². The van der Waals surface area contributed by atoms with Crippen molar-refractivity contribution in [2.45, 2.75) is 59.5 Å². The van der Waals surface area contributed by atoms with Crippen LogP contribution in [0.15, 0.2) is 12.1 Å². The molecule has 1 atom stereocenters. The summed E-state index contributed by atoms with van der Waals surface area (Å²) in [4.78, 5) is 7.16. The van der Waals surface area contributed by atoms with Gasteiger partial charge in [-0.25, -0.2) is 4.98 Å². The van der Waals surface area contributed by atoms with E-state index in [-0.39, 0.29) is 0 Å². The molecule has 3 nitrogen and oxygen atoms in total. The molecule has 1 aromatic heterocycles. The minimum atomic E-state index is 0.502. The maximum absolute atomic E-state index is 6.23. The monoisotopic (exact) mass is 297 g/mol. The first kappa shape index (κ1) is 17.3. The highest BCUT2D eigenvalue weighted by Gasteiger charge is 2.15. The van der Waals surface area contributed by atoms with Crippen molar-refractivity contribution in [3.05, 3.63) is 22.8 Å². The van der Waals surface area contributed by atoms with Gasteiger partial charge in [0.25, 0.3) is 0 Å². The van der Waals surface area contributed by atoms with Gasteiger partial charge in [0.2, 0.25) is 0 Å². The van der Waals surface area contributed by atoms with E-state index in [1.54, 1.807) is 0 Å². The minimum Gasteiger partial charge on any atom is -0.354 e.